The Morgan fingerprint density at radius 3 is 1.60 bits per heavy atom. The summed E-state index contributed by atoms with van der Waals surface area (Å²) in [7, 11) is 2.06. The average Bonchev–Trinajstić information content (AvgIpc) is 2.70. The molecule has 0 unspecified atom stereocenters. The Morgan fingerprint density at radius 1 is 0.600 bits per heavy atom. The predicted molar refractivity (Wildman–Crippen MR) is 99.5 cm³/mol. The normalized spacial score (nSPS) is 10.6. The molecule has 3 nitrogen and oxygen atoms in total. The Balaban J connectivity index is 1.98. The summed E-state index contributed by atoms with van der Waals surface area (Å²) in [6, 6.07) is 26.7. The molecule has 0 bridgehead atoms. The van der Waals surface area contributed by atoms with Gasteiger partial charge in [0.15, 0.2) is 0 Å². The van der Waals surface area contributed by atoms with E-state index in [1.807, 2.05) is 54.9 Å². The summed E-state index contributed by atoms with van der Waals surface area (Å²) in [5.41, 5.74) is 6.34. The zero-order valence-electron chi connectivity index (χ0n) is 14.0. The molecule has 0 amide bonds. The Bertz CT molecular complexity index is 921. The number of benzene rings is 1. The van der Waals surface area contributed by atoms with E-state index >= 15 is 0 Å². The molecule has 0 N–H and O–H groups in total. The third-order valence-electron chi connectivity index (χ3n) is 4.27. The van der Waals surface area contributed by atoms with Crippen molar-refractivity contribution in [2.45, 2.75) is 0 Å². The molecule has 120 valence electrons. The van der Waals surface area contributed by atoms with Crippen molar-refractivity contribution in [2.75, 3.05) is 0 Å². The molecular weight excluding hydrogens is 306 g/mol. The zero-order chi connectivity index (χ0) is 17.1. The van der Waals surface area contributed by atoms with Crippen LogP contribution in [0.15, 0.2) is 91.3 Å². The lowest BCUT2D eigenvalue weighted by Gasteiger charge is -2.09. The second-order valence-electron chi connectivity index (χ2n) is 5.87. The minimum Gasteiger partial charge on any atom is -0.250 e. The van der Waals surface area contributed by atoms with Crippen molar-refractivity contribution in [2.24, 2.45) is 7.05 Å². The molecule has 0 atom stereocenters. The maximum absolute atomic E-state index is 4.54. The van der Waals surface area contributed by atoms with Crippen LogP contribution in [0.1, 0.15) is 0 Å². The summed E-state index contributed by atoms with van der Waals surface area (Å²) in [5.74, 6) is 0. The van der Waals surface area contributed by atoms with Crippen molar-refractivity contribution >= 4 is 0 Å². The Kier molecular flexibility index (Phi) is 4.05. The number of hydrogen-bond acceptors (Lipinski definition) is 2. The van der Waals surface area contributed by atoms with Crippen LogP contribution in [0.2, 0.25) is 0 Å². The molecule has 3 aromatic heterocycles. The van der Waals surface area contributed by atoms with Crippen molar-refractivity contribution in [3.8, 4) is 33.9 Å². The lowest BCUT2D eigenvalue weighted by molar-refractivity contribution is -0.649. The van der Waals surface area contributed by atoms with Gasteiger partial charge < -0.3 is 0 Å². The van der Waals surface area contributed by atoms with E-state index < -0.39 is 0 Å². The van der Waals surface area contributed by atoms with Gasteiger partial charge in [0.05, 0.1) is 0 Å². The van der Waals surface area contributed by atoms with Crippen molar-refractivity contribution in [3.63, 3.8) is 0 Å². The fourth-order valence-electron chi connectivity index (χ4n) is 2.98. The summed E-state index contributed by atoms with van der Waals surface area (Å²) in [4.78, 5) is 9.08. The number of pyridine rings is 3. The minimum atomic E-state index is 0.944. The third kappa shape index (κ3) is 3.04. The highest BCUT2D eigenvalue weighted by molar-refractivity contribution is 5.71. The molecule has 3 heteroatoms. The highest BCUT2D eigenvalue weighted by Gasteiger charge is 2.20. The van der Waals surface area contributed by atoms with Gasteiger partial charge in [-0.3, -0.25) is 0 Å². The summed E-state index contributed by atoms with van der Waals surface area (Å²) in [6.07, 6.45) is 3.65. The molecule has 0 aliphatic rings. The molecule has 0 fully saturated rings. The quantitative estimate of drug-likeness (QED) is 0.526. The molecule has 3 heterocycles. The van der Waals surface area contributed by atoms with Crippen LogP contribution in [0, 0.1) is 0 Å². The Morgan fingerprint density at radius 2 is 1.12 bits per heavy atom. The van der Waals surface area contributed by atoms with Crippen LogP contribution in [0.5, 0.6) is 0 Å². The largest absolute Gasteiger partial charge is 0.250 e. The first-order chi connectivity index (χ1) is 12.3. The number of hydrogen-bond donors (Lipinski definition) is 0. The second-order valence-corrected chi connectivity index (χ2v) is 5.87. The van der Waals surface area contributed by atoms with Gasteiger partial charge in [-0.25, -0.2) is 9.97 Å². The first kappa shape index (κ1) is 15.2. The van der Waals surface area contributed by atoms with Crippen molar-refractivity contribution < 1.29 is 4.57 Å². The van der Waals surface area contributed by atoms with Crippen molar-refractivity contribution in [1.29, 1.82) is 0 Å². The lowest BCUT2D eigenvalue weighted by atomic mass is 10.0. The first-order valence-electron chi connectivity index (χ1n) is 8.25. The number of nitrogens with zero attached hydrogens (tertiary/aromatic N) is 3. The molecule has 0 radical (unpaired) electrons. The predicted octanol–water partition coefficient (Wildman–Crippen LogP) is 4.30. The molecule has 0 saturated heterocycles. The topological polar surface area (TPSA) is 29.7 Å². The second kappa shape index (κ2) is 6.65. The van der Waals surface area contributed by atoms with Gasteiger partial charge in [0.2, 0.25) is 11.4 Å². The van der Waals surface area contributed by atoms with E-state index in [1.54, 1.807) is 0 Å². The molecule has 1 aromatic carbocycles. The fraction of sp³-hybridized carbons (Fsp3) is 0.0455. The Labute approximate surface area is 147 Å². The standard InChI is InChI=1S/C22H18N3/c1-25-21(19-11-5-7-13-23-19)15-18(17-9-3-2-4-10-17)16-22(25)20-12-6-8-14-24-20/h2-16H,1H3/q+1. The van der Waals surface area contributed by atoms with Crippen LogP contribution in [-0.4, -0.2) is 9.97 Å². The van der Waals surface area contributed by atoms with Crippen LogP contribution in [0.25, 0.3) is 33.9 Å². The van der Waals surface area contributed by atoms with Crippen LogP contribution in [0.4, 0.5) is 0 Å². The highest BCUT2D eigenvalue weighted by atomic mass is 15.0. The molecule has 25 heavy (non-hydrogen) atoms. The van der Waals surface area contributed by atoms with Gasteiger partial charge in [-0.05, 0) is 35.4 Å². The first-order valence-corrected chi connectivity index (χ1v) is 8.25. The molecular formula is C22H18N3+. The monoisotopic (exact) mass is 324 g/mol. The van der Waals surface area contributed by atoms with E-state index in [1.165, 1.54) is 5.56 Å². The smallest absolute Gasteiger partial charge is 0.232 e. The summed E-state index contributed by atoms with van der Waals surface area (Å²) < 4.78 is 2.15. The van der Waals surface area contributed by atoms with Crippen LogP contribution < -0.4 is 4.57 Å². The van der Waals surface area contributed by atoms with Crippen LogP contribution in [-0.2, 0) is 7.05 Å². The van der Waals surface area contributed by atoms with Gasteiger partial charge in [-0.15, -0.1) is 0 Å². The summed E-state index contributed by atoms with van der Waals surface area (Å²) in [5, 5.41) is 0. The third-order valence-corrected chi connectivity index (χ3v) is 4.27. The van der Waals surface area contributed by atoms with Gasteiger partial charge in [0.25, 0.3) is 0 Å². The van der Waals surface area contributed by atoms with Gasteiger partial charge >= 0.3 is 0 Å². The van der Waals surface area contributed by atoms with Crippen LogP contribution in [0.3, 0.4) is 0 Å². The minimum absolute atomic E-state index is 0.944. The van der Waals surface area contributed by atoms with Crippen LogP contribution >= 0.6 is 0 Å². The van der Waals surface area contributed by atoms with Gasteiger partial charge in [0.1, 0.15) is 18.4 Å². The molecule has 0 aliphatic heterocycles. The lowest BCUT2D eigenvalue weighted by Crippen LogP contribution is -2.34. The molecule has 0 aliphatic carbocycles. The highest BCUT2D eigenvalue weighted by Crippen LogP contribution is 2.27. The fourth-order valence-corrected chi connectivity index (χ4v) is 2.98. The van der Waals surface area contributed by atoms with Crippen molar-refractivity contribution in [3.05, 3.63) is 91.3 Å². The average molecular weight is 324 g/mol. The number of aromatic nitrogens is 3. The number of rotatable bonds is 3. The maximum atomic E-state index is 4.54. The molecule has 4 aromatic rings. The molecule has 0 saturated carbocycles. The summed E-state index contributed by atoms with van der Waals surface area (Å²) >= 11 is 0. The maximum Gasteiger partial charge on any atom is 0.232 e. The van der Waals surface area contributed by atoms with E-state index in [4.69, 9.17) is 0 Å². The molecule has 4 rings (SSSR count). The van der Waals surface area contributed by atoms with E-state index in [-0.39, 0.29) is 0 Å². The van der Waals surface area contributed by atoms with E-state index in [2.05, 4.69) is 58.0 Å². The molecule has 0 spiro atoms. The van der Waals surface area contributed by atoms with Gasteiger partial charge in [0, 0.05) is 24.5 Å². The zero-order valence-corrected chi connectivity index (χ0v) is 14.0. The van der Waals surface area contributed by atoms with E-state index in [9.17, 15) is 0 Å². The Hall–Kier alpha value is -3.33. The summed E-state index contributed by atoms with van der Waals surface area (Å²) in [6.45, 7) is 0. The van der Waals surface area contributed by atoms with E-state index in [0.29, 0.717) is 0 Å². The van der Waals surface area contributed by atoms with Gasteiger partial charge in [-0.2, -0.15) is 4.57 Å². The van der Waals surface area contributed by atoms with Crippen molar-refractivity contribution in [1.82, 2.24) is 9.97 Å². The van der Waals surface area contributed by atoms with Gasteiger partial charge in [-0.1, -0.05) is 42.5 Å². The SMILES string of the molecule is C[n+]1c(-c2ccccn2)cc(-c2ccccc2)cc1-c1ccccn1. The van der Waals surface area contributed by atoms with E-state index in [0.717, 1.165) is 28.3 Å².